The fourth-order valence-corrected chi connectivity index (χ4v) is 1.83. The number of anilines is 1. The Kier molecular flexibility index (Phi) is 4.65. The maximum atomic E-state index is 13.4. The summed E-state index contributed by atoms with van der Waals surface area (Å²) in [6.07, 6.45) is 0. The van der Waals surface area contributed by atoms with Crippen LogP contribution in [0, 0.1) is 0 Å². The molecule has 0 spiro atoms. The average molecular weight is 258 g/mol. The van der Waals surface area contributed by atoms with Gasteiger partial charge < -0.3 is 16.2 Å². The van der Waals surface area contributed by atoms with E-state index in [1.165, 1.54) is 12.1 Å². The van der Waals surface area contributed by atoms with Crippen LogP contribution in [-0.2, 0) is 5.92 Å². The fraction of sp³-hybridized carbons (Fsp3) is 0.538. The number of hydrogen-bond acceptors (Lipinski definition) is 3. The highest BCUT2D eigenvalue weighted by molar-refractivity contribution is 5.47. The standard InChI is InChI=1S/C13H20F2N2O/c1-8(2)17-9(3)10-4-11(6-12(16)5-10)13(14,15)7-18/h4-6,8-9,17-18H,7,16H2,1-3H3/t9-/m1/s1. The fourth-order valence-electron chi connectivity index (χ4n) is 1.83. The Bertz CT molecular complexity index is 408. The van der Waals surface area contributed by atoms with Crippen molar-refractivity contribution in [1.29, 1.82) is 0 Å². The molecule has 0 aliphatic carbocycles. The average Bonchev–Trinajstić information content (AvgIpc) is 2.27. The normalized spacial score (nSPS) is 13.9. The summed E-state index contributed by atoms with van der Waals surface area (Å²) in [5, 5.41) is 11.9. The van der Waals surface area contributed by atoms with Crippen LogP contribution in [0.4, 0.5) is 14.5 Å². The molecular weight excluding hydrogens is 238 g/mol. The van der Waals surface area contributed by atoms with Crippen molar-refractivity contribution in [2.24, 2.45) is 0 Å². The Morgan fingerprint density at radius 1 is 1.28 bits per heavy atom. The van der Waals surface area contributed by atoms with E-state index in [1.807, 2.05) is 20.8 Å². The van der Waals surface area contributed by atoms with Crippen LogP contribution in [0.3, 0.4) is 0 Å². The number of rotatable bonds is 5. The van der Waals surface area contributed by atoms with E-state index in [9.17, 15) is 8.78 Å². The predicted octanol–water partition coefficient (Wildman–Crippen LogP) is 2.41. The van der Waals surface area contributed by atoms with E-state index in [4.69, 9.17) is 10.8 Å². The lowest BCUT2D eigenvalue weighted by Crippen LogP contribution is -2.27. The zero-order chi connectivity index (χ0) is 13.9. The molecule has 0 saturated carbocycles. The highest BCUT2D eigenvalue weighted by Crippen LogP contribution is 2.31. The quantitative estimate of drug-likeness (QED) is 0.711. The minimum atomic E-state index is -3.26. The molecule has 3 nitrogen and oxygen atoms in total. The number of benzene rings is 1. The molecule has 0 unspecified atom stereocenters. The molecule has 0 radical (unpaired) electrons. The third kappa shape index (κ3) is 3.65. The maximum absolute atomic E-state index is 13.4. The highest BCUT2D eigenvalue weighted by atomic mass is 19.3. The number of nitrogens with two attached hydrogens (primary N) is 1. The Morgan fingerprint density at radius 2 is 1.89 bits per heavy atom. The van der Waals surface area contributed by atoms with Crippen LogP contribution < -0.4 is 11.1 Å². The summed E-state index contributed by atoms with van der Waals surface area (Å²) in [6, 6.07) is 4.40. The van der Waals surface area contributed by atoms with Crippen LogP contribution in [0.15, 0.2) is 18.2 Å². The number of hydrogen-bond donors (Lipinski definition) is 3. The first-order chi connectivity index (χ1) is 8.26. The molecule has 1 aromatic rings. The first-order valence-electron chi connectivity index (χ1n) is 5.92. The molecular formula is C13H20F2N2O. The van der Waals surface area contributed by atoms with Crippen LogP contribution in [0.1, 0.15) is 37.9 Å². The molecule has 102 valence electrons. The van der Waals surface area contributed by atoms with E-state index < -0.39 is 12.5 Å². The Balaban J connectivity index is 3.08. The molecule has 0 aromatic heterocycles. The number of halogens is 2. The van der Waals surface area contributed by atoms with E-state index in [1.54, 1.807) is 6.07 Å². The maximum Gasteiger partial charge on any atom is 0.295 e. The largest absolute Gasteiger partial charge is 0.399 e. The summed E-state index contributed by atoms with van der Waals surface area (Å²) >= 11 is 0. The van der Waals surface area contributed by atoms with Gasteiger partial charge in [0.2, 0.25) is 0 Å². The van der Waals surface area contributed by atoms with Gasteiger partial charge in [-0.2, -0.15) is 8.78 Å². The molecule has 0 aliphatic rings. The van der Waals surface area contributed by atoms with E-state index in [-0.39, 0.29) is 23.3 Å². The second-order valence-electron chi connectivity index (χ2n) is 4.79. The summed E-state index contributed by atoms with van der Waals surface area (Å²) in [7, 11) is 0. The van der Waals surface area contributed by atoms with Gasteiger partial charge in [0.15, 0.2) is 0 Å². The second-order valence-corrected chi connectivity index (χ2v) is 4.79. The minimum Gasteiger partial charge on any atom is -0.399 e. The van der Waals surface area contributed by atoms with Gasteiger partial charge in [0.05, 0.1) is 0 Å². The van der Waals surface area contributed by atoms with Gasteiger partial charge in [-0.3, -0.25) is 0 Å². The van der Waals surface area contributed by atoms with E-state index in [0.29, 0.717) is 5.56 Å². The second kappa shape index (κ2) is 5.63. The van der Waals surface area contributed by atoms with Crippen LogP contribution in [-0.4, -0.2) is 17.8 Å². The molecule has 4 N–H and O–H groups in total. The van der Waals surface area contributed by atoms with Gasteiger partial charge >= 0.3 is 0 Å². The number of aliphatic hydroxyl groups excluding tert-OH is 1. The molecule has 0 heterocycles. The van der Waals surface area contributed by atoms with Gasteiger partial charge in [-0.05, 0) is 30.7 Å². The van der Waals surface area contributed by atoms with Gasteiger partial charge in [-0.25, -0.2) is 0 Å². The lowest BCUT2D eigenvalue weighted by Gasteiger charge is -2.21. The Labute approximate surface area is 106 Å². The lowest BCUT2D eigenvalue weighted by atomic mass is 10.00. The summed E-state index contributed by atoms with van der Waals surface area (Å²) in [6.45, 7) is 4.62. The Morgan fingerprint density at radius 3 is 2.39 bits per heavy atom. The number of nitrogen functional groups attached to an aromatic ring is 1. The van der Waals surface area contributed by atoms with E-state index >= 15 is 0 Å². The summed E-state index contributed by atoms with van der Waals surface area (Å²) in [4.78, 5) is 0. The molecule has 0 amide bonds. The van der Waals surface area contributed by atoms with Gasteiger partial charge in [-0.1, -0.05) is 13.8 Å². The first kappa shape index (κ1) is 14.9. The van der Waals surface area contributed by atoms with Crippen molar-refractivity contribution in [3.8, 4) is 0 Å². The van der Waals surface area contributed by atoms with Crippen molar-refractivity contribution in [1.82, 2.24) is 5.32 Å². The van der Waals surface area contributed by atoms with Crippen LogP contribution >= 0.6 is 0 Å². The predicted molar refractivity (Wildman–Crippen MR) is 68.5 cm³/mol. The third-order valence-corrected chi connectivity index (χ3v) is 2.68. The van der Waals surface area contributed by atoms with Crippen LogP contribution in [0.2, 0.25) is 0 Å². The molecule has 1 rings (SSSR count). The third-order valence-electron chi connectivity index (χ3n) is 2.68. The lowest BCUT2D eigenvalue weighted by molar-refractivity contribution is -0.0556. The van der Waals surface area contributed by atoms with Crippen molar-refractivity contribution < 1.29 is 13.9 Å². The molecule has 1 atom stereocenters. The minimum absolute atomic E-state index is 0.0817. The van der Waals surface area contributed by atoms with Gasteiger partial charge in [-0.15, -0.1) is 0 Å². The molecule has 5 heteroatoms. The van der Waals surface area contributed by atoms with Gasteiger partial charge in [0.1, 0.15) is 6.61 Å². The SMILES string of the molecule is CC(C)N[C@H](C)c1cc(N)cc(C(F)(F)CO)c1. The Hall–Kier alpha value is -1.20. The van der Waals surface area contributed by atoms with Crippen molar-refractivity contribution in [3.05, 3.63) is 29.3 Å². The molecule has 0 fully saturated rings. The molecule has 0 saturated heterocycles. The first-order valence-corrected chi connectivity index (χ1v) is 5.92. The van der Waals surface area contributed by atoms with Gasteiger partial charge in [0, 0.05) is 23.3 Å². The van der Waals surface area contributed by atoms with Gasteiger partial charge in [0.25, 0.3) is 5.92 Å². The summed E-state index contributed by atoms with van der Waals surface area (Å²) < 4.78 is 26.9. The molecule has 1 aromatic carbocycles. The van der Waals surface area contributed by atoms with Crippen molar-refractivity contribution >= 4 is 5.69 Å². The van der Waals surface area contributed by atoms with Crippen LogP contribution in [0.25, 0.3) is 0 Å². The number of alkyl halides is 2. The van der Waals surface area contributed by atoms with Crippen molar-refractivity contribution in [3.63, 3.8) is 0 Å². The molecule has 0 bridgehead atoms. The number of aliphatic hydroxyl groups is 1. The smallest absolute Gasteiger partial charge is 0.295 e. The topological polar surface area (TPSA) is 58.3 Å². The van der Waals surface area contributed by atoms with Crippen LogP contribution in [0.5, 0.6) is 0 Å². The molecule has 0 aliphatic heterocycles. The number of nitrogens with one attached hydrogen (secondary N) is 1. The van der Waals surface area contributed by atoms with E-state index in [2.05, 4.69) is 5.32 Å². The van der Waals surface area contributed by atoms with Crippen molar-refractivity contribution in [2.75, 3.05) is 12.3 Å². The monoisotopic (exact) mass is 258 g/mol. The highest BCUT2D eigenvalue weighted by Gasteiger charge is 2.31. The van der Waals surface area contributed by atoms with E-state index in [0.717, 1.165) is 0 Å². The zero-order valence-corrected chi connectivity index (χ0v) is 10.9. The summed E-state index contributed by atoms with van der Waals surface area (Å²) in [5.74, 6) is -3.26. The van der Waals surface area contributed by atoms with Crippen molar-refractivity contribution in [2.45, 2.75) is 38.8 Å². The zero-order valence-electron chi connectivity index (χ0n) is 10.9. The summed E-state index contributed by atoms with van der Waals surface area (Å²) in [5.41, 5.74) is 6.34. The molecule has 18 heavy (non-hydrogen) atoms.